The number of methoxy groups -OCH3 is 2. The average Bonchev–Trinajstić information content (AvgIpc) is 2.97. The molecule has 0 N–H and O–H groups in total. The highest BCUT2D eigenvalue weighted by molar-refractivity contribution is 6.00. The molecule has 1 fully saturated rings. The van der Waals surface area contributed by atoms with Crippen molar-refractivity contribution in [1.29, 1.82) is 0 Å². The summed E-state index contributed by atoms with van der Waals surface area (Å²) in [6, 6.07) is 0. The summed E-state index contributed by atoms with van der Waals surface area (Å²) in [5.74, 6) is -0.502. The van der Waals surface area contributed by atoms with Gasteiger partial charge in [-0.25, -0.2) is 0 Å². The summed E-state index contributed by atoms with van der Waals surface area (Å²) in [7, 11) is 2.71. The first kappa shape index (κ1) is 16.0. The van der Waals surface area contributed by atoms with Gasteiger partial charge in [-0.3, -0.25) is 9.59 Å². The second-order valence-electron chi connectivity index (χ2n) is 5.65. The van der Waals surface area contributed by atoms with Crippen LogP contribution < -0.4 is 0 Å². The van der Waals surface area contributed by atoms with Gasteiger partial charge in [0, 0.05) is 0 Å². The van der Waals surface area contributed by atoms with Gasteiger partial charge in [-0.05, 0) is 31.1 Å². The molecule has 1 saturated carbocycles. The summed E-state index contributed by atoms with van der Waals surface area (Å²) in [6.07, 6.45) is 5.40. The fourth-order valence-electron chi connectivity index (χ4n) is 3.23. The lowest BCUT2D eigenvalue weighted by atomic mass is 9.68. The SMILES string of the molecule is CCC(C)CC(C(=O)OC)(C(=O)OC)C1CCCC1. The minimum absolute atomic E-state index is 0.0569. The van der Waals surface area contributed by atoms with Crippen molar-refractivity contribution >= 4 is 11.9 Å². The minimum atomic E-state index is -1.10. The number of rotatable bonds is 6. The molecular weight excluding hydrogens is 244 g/mol. The first-order valence-corrected chi connectivity index (χ1v) is 7.19. The van der Waals surface area contributed by atoms with Crippen LogP contribution in [-0.4, -0.2) is 26.2 Å². The van der Waals surface area contributed by atoms with Gasteiger partial charge in [0.1, 0.15) is 0 Å². The van der Waals surface area contributed by atoms with Crippen LogP contribution in [0.15, 0.2) is 0 Å². The van der Waals surface area contributed by atoms with Gasteiger partial charge in [0.2, 0.25) is 0 Å². The van der Waals surface area contributed by atoms with Crippen molar-refractivity contribution in [2.45, 2.75) is 52.4 Å². The summed E-state index contributed by atoms with van der Waals surface area (Å²) < 4.78 is 9.91. The minimum Gasteiger partial charge on any atom is -0.468 e. The molecule has 0 spiro atoms. The Morgan fingerprint density at radius 2 is 1.63 bits per heavy atom. The van der Waals surface area contributed by atoms with Crippen LogP contribution in [0.5, 0.6) is 0 Å². The third kappa shape index (κ3) is 3.10. The van der Waals surface area contributed by atoms with Crippen LogP contribution in [0.4, 0.5) is 0 Å². The van der Waals surface area contributed by atoms with Gasteiger partial charge in [0.25, 0.3) is 0 Å². The molecule has 0 saturated heterocycles. The van der Waals surface area contributed by atoms with Crippen LogP contribution in [0.2, 0.25) is 0 Å². The van der Waals surface area contributed by atoms with Gasteiger partial charge in [-0.1, -0.05) is 33.1 Å². The molecule has 110 valence electrons. The van der Waals surface area contributed by atoms with Gasteiger partial charge in [-0.15, -0.1) is 0 Å². The molecule has 0 radical (unpaired) electrons. The van der Waals surface area contributed by atoms with Gasteiger partial charge >= 0.3 is 11.9 Å². The van der Waals surface area contributed by atoms with E-state index >= 15 is 0 Å². The smallest absolute Gasteiger partial charge is 0.323 e. The Balaban J connectivity index is 3.14. The molecule has 0 aromatic rings. The lowest BCUT2D eigenvalue weighted by molar-refractivity contribution is -0.175. The van der Waals surface area contributed by atoms with Crippen LogP contribution in [0.3, 0.4) is 0 Å². The molecule has 1 aliphatic rings. The van der Waals surface area contributed by atoms with Gasteiger partial charge in [0.05, 0.1) is 14.2 Å². The molecule has 0 aromatic heterocycles. The summed E-state index contributed by atoms with van der Waals surface area (Å²) in [5, 5.41) is 0. The highest BCUT2D eigenvalue weighted by atomic mass is 16.5. The molecule has 0 amide bonds. The van der Waals surface area contributed by atoms with Gasteiger partial charge in [-0.2, -0.15) is 0 Å². The Labute approximate surface area is 115 Å². The molecule has 1 atom stereocenters. The number of esters is 2. The largest absolute Gasteiger partial charge is 0.468 e. The van der Waals surface area contributed by atoms with Crippen molar-refractivity contribution < 1.29 is 19.1 Å². The van der Waals surface area contributed by atoms with Crippen molar-refractivity contribution in [3.8, 4) is 0 Å². The Morgan fingerprint density at radius 3 is 2.00 bits per heavy atom. The lowest BCUT2D eigenvalue weighted by Gasteiger charge is -2.35. The number of ether oxygens (including phenoxy) is 2. The number of carbonyl (C=O) groups is 2. The Bertz CT molecular complexity index is 302. The predicted molar refractivity (Wildman–Crippen MR) is 72.5 cm³/mol. The third-order valence-electron chi connectivity index (χ3n) is 4.52. The summed E-state index contributed by atoms with van der Waals surface area (Å²) in [6.45, 7) is 4.13. The van der Waals surface area contributed by atoms with Gasteiger partial charge < -0.3 is 9.47 Å². The topological polar surface area (TPSA) is 52.6 Å². The van der Waals surface area contributed by atoms with Crippen LogP contribution in [0, 0.1) is 17.3 Å². The van der Waals surface area contributed by atoms with Crippen molar-refractivity contribution in [2.75, 3.05) is 14.2 Å². The van der Waals surface area contributed by atoms with Crippen LogP contribution >= 0.6 is 0 Å². The fraction of sp³-hybridized carbons (Fsp3) is 0.867. The van der Waals surface area contributed by atoms with E-state index in [-0.39, 0.29) is 5.92 Å². The zero-order chi connectivity index (χ0) is 14.5. The molecule has 1 unspecified atom stereocenters. The maximum Gasteiger partial charge on any atom is 0.323 e. The van der Waals surface area contributed by atoms with E-state index < -0.39 is 17.4 Å². The standard InChI is InChI=1S/C15H26O4/c1-5-11(2)10-15(13(16)18-3,14(17)19-4)12-8-6-7-9-12/h11-12H,5-10H2,1-4H3. The molecule has 4 heteroatoms. The quantitative estimate of drug-likeness (QED) is 0.550. The van der Waals surface area contributed by atoms with Crippen molar-refractivity contribution in [2.24, 2.45) is 17.3 Å². The maximum atomic E-state index is 12.3. The molecule has 0 bridgehead atoms. The summed E-state index contributed by atoms with van der Waals surface area (Å²) >= 11 is 0. The van der Waals surface area contributed by atoms with Crippen LogP contribution in [0.25, 0.3) is 0 Å². The zero-order valence-corrected chi connectivity index (χ0v) is 12.5. The van der Waals surface area contributed by atoms with Crippen molar-refractivity contribution in [3.63, 3.8) is 0 Å². The van der Waals surface area contributed by atoms with Crippen LogP contribution in [0.1, 0.15) is 52.4 Å². The molecule has 0 aliphatic heterocycles. The van der Waals surface area contributed by atoms with Crippen molar-refractivity contribution in [3.05, 3.63) is 0 Å². The molecule has 1 rings (SSSR count). The van der Waals surface area contributed by atoms with E-state index in [1.807, 2.05) is 0 Å². The van der Waals surface area contributed by atoms with E-state index in [4.69, 9.17) is 9.47 Å². The first-order chi connectivity index (χ1) is 9.02. The molecule has 0 aromatic carbocycles. The molecule has 0 heterocycles. The highest BCUT2D eigenvalue weighted by Gasteiger charge is 2.55. The summed E-state index contributed by atoms with van der Waals surface area (Å²) in [4.78, 5) is 24.7. The Hall–Kier alpha value is -1.06. The van der Waals surface area contributed by atoms with Gasteiger partial charge in [0.15, 0.2) is 5.41 Å². The maximum absolute atomic E-state index is 12.3. The third-order valence-corrected chi connectivity index (χ3v) is 4.52. The Morgan fingerprint density at radius 1 is 1.16 bits per heavy atom. The van der Waals surface area contributed by atoms with E-state index in [0.29, 0.717) is 12.3 Å². The molecule has 1 aliphatic carbocycles. The van der Waals surface area contributed by atoms with E-state index in [0.717, 1.165) is 32.1 Å². The Kier molecular flexibility index (Phi) is 5.83. The zero-order valence-electron chi connectivity index (χ0n) is 12.5. The molecular formula is C15H26O4. The summed E-state index contributed by atoms with van der Waals surface area (Å²) in [5.41, 5.74) is -1.10. The lowest BCUT2D eigenvalue weighted by Crippen LogP contribution is -2.47. The van der Waals surface area contributed by atoms with Crippen molar-refractivity contribution in [1.82, 2.24) is 0 Å². The van der Waals surface area contributed by atoms with E-state index in [9.17, 15) is 9.59 Å². The highest BCUT2D eigenvalue weighted by Crippen LogP contribution is 2.46. The predicted octanol–water partition coefficient (Wildman–Crippen LogP) is 2.95. The number of hydrogen-bond donors (Lipinski definition) is 0. The molecule has 4 nitrogen and oxygen atoms in total. The normalized spacial score (nSPS) is 18.1. The van der Waals surface area contributed by atoms with E-state index in [1.54, 1.807) is 0 Å². The number of hydrogen-bond acceptors (Lipinski definition) is 4. The molecule has 19 heavy (non-hydrogen) atoms. The fourth-order valence-corrected chi connectivity index (χ4v) is 3.23. The second-order valence-corrected chi connectivity index (χ2v) is 5.65. The second kappa shape index (κ2) is 6.92. The monoisotopic (exact) mass is 270 g/mol. The average molecular weight is 270 g/mol. The van der Waals surface area contributed by atoms with E-state index in [2.05, 4.69) is 13.8 Å². The van der Waals surface area contributed by atoms with Crippen LogP contribution in [-0.2, 0) is 19.1 Å². The first-order valence-electron chi connectivity index (χ1n) is 7.19. The van der Waals surface area contributed by atoms with E-state index in [1.165, 1.54) is 14.2 Å². The number of carbonyl (C=O) groups excluding carboxylic acids is 2.